The molecule has 220 valence electrons. The third-order valence-electron chi connectivity index (χ3n) is 8.37. The smallest absolute Gasteiger partial charge is 0.378 e. The molecule has 40 heavy (non-hydrogen) atoms. The number of ether oxygens (including phenoxy) is 3. The van der Waals surface area contributed by atoms with Crippen molar-refractivity contribution in [3.63, 3.8) is 0 Å². The van der Waals surface area contributed by atoms with Crippen molar-refractivity contribution in [3.8, 4) is 0 Å². The summed E-state index contributed by atoms with van der Waals surface area (Å²) in [5, 5.41) is -0.0282. The number of hydrogen-bond donors (Lipinski definition) is 0. The number of hydrogen-bond acceptors (Lipinski definition) is 6. The van der Waals surface area contributed by atoms with Crippen molar-refractivity contribution in [1.29, 1.82) is 0 Å². The molecule has 2 aromatic carbocycles. The van der Waals surface area contributed by atoms with Crippen LogP contribution in [0, 0.1) is 0 Å². The van der Waals surface area contributed by atoms with Crippen molar-refractivity contribution >= 4 is 22.6 Å². The van der Waals surface area contributed by atoms with Gasteiger partial charge in [0.1, 0.15) is 19.3 Å². The first-order chi connectivity index (χ1) is 18.5. The van der Waals surface area contributed by atoms with Gasteiger partial charge in [-0.1, -0.05) is 102 Å². The van der Waals surface area contributed by atoms with Crippen molar-refractivity contribution < 1.29 is 27.9 Å². The van der Waals surface area contributed by atoms with Crippen LogP contribution in [0.5, 0.6) is 0 Å². The highest BCUT2D eigenvalue weighted by atomic mass is 28.4. The average molecular weight is 585 g/mol. The second-order valence-corrected chi connectivity index (χ2v) is 23.1. The average Bonchev–Trinajstić information content (AvgIpc) is 3.18. The molecule has 2 aromatic rings. The zero-order valence-corrected chi connectivity index (χ0v) is 28.0. The summed E-state index contributed by atoms with van der Waals surface area (Å²) in [6.07, 6.45) is -1.32. The minimum Gasteiger partial charge on any atom is -0.485 e. The molecule has 0 aliphatic carbocycles. The van der Waals surface area contributed by atoms with Crippen molar-refractivity contribution in [3.05, 3.63) is 83.3 Å². The number of cyclic esters (lactones) is 1. The molecule has 0 fully saturated rings. The molecule has 1 aliphatic heterocycles. The second-order valence-electron chi connectivity index (χ2n) is 13.6. The minimum atomic E-state index is -2.28. The summed E-state index contributed by atoms with van der Waals surface area (Å²) in [6.45, 7) is 22.9. The molecule has 0 saturated heterocycles. The summed E-state index contributed by atoms with van der Waals surface area (Å²) in [4.78, 5) is 13.3. The van der Waals surface area contributed by atoms with E-state index in [-0.39, 0.29) is 29.0 Å². The molecule has 8 heteroatoms. The molecular formula is C32H48O6Si2. The lowest BCUT2D eigenvalue weighted by molar-refractivity contribution is -0.148. The van der Waals surface area contributed by atoms with E-state index in [0.717, 1.165) is 11.1 Å². The maximum absolute atomic E-state index is 13.3. The molecule has 2 atom stereocenters. The van der Waals surface area contributed by atoms with Gasteiger partial charge in [0.25, 0.3) is 0 Å². The molecule has 0 unspecified atom stereocenters. The van der Waals surface area contributed by atoms with E-state index in [1.165, 1.54) is 0 Å². The van der Waals surface area contributed by atoms with Crippen LogP contribution in [0.1, 0.15) is 52.7 Å². The second kappa shape index (κ2) is 12.6. The summed E-state index contributed by atoms with van der Waals surface area (Å²) in [5.41, 5.74) is 1.93. The monoisotopic (exact) mass is 584 g/mol. The van der Waals surface area contributed by atoms with E-state index in [1.54, 1.807) is 0 Å². The van der Waals surface area contributed by atoms with E-state index in [1.807, 2.05) is 60.7 Å². The van der Waals surface area contributed by atoms with Crippen molar-refractivity contribution in [2.75, 3.05) is 6.61 Å². The van der Waals surface area contributed by atoms with Gasteiger partial charge >= 0.3 is 5.97 Å². The van der Waals surface area contributed by atoms with Gasteiger partial charge in [0.15, 0.2) is 28.5 Å². The molecule has 1 heterocycles. The first-order valence-electron chi connectivity index (χ1n) is 14.1. The van der Waals surface area contributed by atoms with Gasteiger partial charge in [0, 0.05) is 0 Å². The molecule has 0 bridgehead atoms. The standard InChI is InChI=1S/C32H48O6Si2/c1-31(2,3)39(7,8)36-23-26(38-40(9,10)32(4,5)6)27-28(34-21-24-17-13-11-14-18-24)29(30(33)37-27)35-22-25-19-15-12-16-20-25/h11-20,26-27H,21-23H2,1-10H3/t26-,27+/m0/s1. The Bertz CT molecular complexity index is 1150. The van der Waals surface area contributed by atoms with Crippen LogP contribution in [-0.2, 0) is 41.1 Å². The summed E-state index contributed by atoms with van der Waals surface area (Å²) < 4.78 is 32.0. The Morgan fingerprint density at radius 3 is 1.70 bits per heavy atom. The van der Waals surface area contributed by atoms with Crippen LogP contribution in [0.3, 0.4) is 0 Å². The fraction of sp³-hybridized carbons (Fsp3) is 0.531. The molecule has 0 amide bonds. The van der Waals surface area contributed by atoms with Crippen LogP contribution in [0.25, 0.3) is 0 Å². The molecule has 1 aliphatic rings. The van der Waals surface area contributed by atoms with E-state index < -0.39 is 34.8 Å². The first kappa shape index (κ1) is 32.1. The van der Waals surface area contributed by atoms with Gasteiger partial charge in [0.2, 0.25) is 5.76 Å². The van der Waals surface area contributed by atoms with Crippen LogP contribution in [0.2, 0.25) is 36.3 Å². The van der Waals surface area contributed by atoms with Gasteiger partial charge in [-0.05, 0) is 47.4 Å². The number of benzene rings is 2. The van der Waals surface area contributed by atoms with Gasteiger partial charge in [-0.3, -0.25) is 0 Å². The van der Waals surface area contributed by atoms with Gasteiger partial charge in [-0.25, -0.2) is 4.79 Å². The zero-order chi connectivity index (χ0) is 29.8. The van der Waals surface area contributed by atoms with Crippen molar-refractivity contribution in [1.82, 2.24) is 0 Å². The van der Waals surface area contributed by atoms with E-state index in [2.05, 4.69) is 67.7 Å². The summed E-state index contributed by atoms with van der Waals surface area (Å²) in [7, 11) is -4.40. The van der Waals surface area contributed by atoms with Gasteiger partial charge < -0.3 is 23.1 Å². The molecule has 0 saturated carbocycles. The van der Waals surface area contributed by atoms with E-state index in [0.29, 0.717) is 12.4 Å². The number of carbonyl (C=O) groups excluding carboxylic acids is 1. The highest BCUT2D eigenvalue weighted by Crippen LogP contribution is 2.41. The first-order valence-corrected chi connectivity index (χ1v) is 19.9. The molecule has 3 rings (SSSR count). The van der Waals surface area contributed by atoms with Crippen molar-refractivity contribution in [2.45, 2.75) is 103 Å². The Kier molecular flexibility index (Phi) is 10.1. The van der Waals surface area contributed by atoms with E-state index >= 15 is 0 Å². The van der Waals surface area contributed by atoms with Crippen LogP contribution >= 0.6 is 0 Å². The van der Waals surface area contributed by atoms with Crippen molar-refractivity contribution in [2.24, 2.45) is 0 Å². The SMILES string of the molecule is CC(C)(C)[Si](C)(C)OC[C@H](O[Si](C)(C)C(C)(C)C)[C@H]1OC(=O)C(OCc2ccccc2)=C1OCc1ccccc1. The molecule has 0 spiro atoms. The highest BCUT2D eigenvalue weighted by Gasteiger charge is 2.49. The quantitative estimate of drug-likeness (QED) is 0.186. The van der Waals surface area contributed by atoms with Crippen LogP contribution < -0.4 is 0 Å². The topological polar surface area (TPSA) is 63.2 Å². The normalized spacial score (nSPS) is 17.6. The van der Waals surface area contributed by atoms with E-state index in [4.69, 9.17) is 23.1 Å². The van der Waals surface area contributed by atoms with Gasteiger partial charge in [0.05, 0.1) is 6.61 Å². The summed E-state index contributed by atoms with van der Waals surface area (Å²) >= 11 is 0. The molecule has 6 nitrogen and oxygen atoms in total. The molecule has 0 aromatic heterocycles. The van der Waals surface area contributed by atoms with Crippen LogP contribution in [0.4, 0.5) is 0 Å². The lowest BCUT2D eigenvalue weighted by atomic mass is 10.1. The number of rotatable bonds is 12. The van der Waals surface area contributed by atoms with E-state index in [9.17, 15) is 4.79 Å². The predicted octanol–water partition coefficient (Wildman–Crippen LogP) is 7.97. The lowest BCUT2D eigenvalue weighted by Gasteiger charge is -2.42. The fourth-order valence-corrected chi connectivity index (χ4v) is 6.00. The molecular weight excluding hydrogens is 537 g/mol. The number of carbonyl (C=O) groups is 1. The maximum Gasteiger partial charge on any atom is 0.378 e. The summed E-state index contributed by atoms with van der Waals surface area (Å²) in [5.74, 6) is -0.0755. The maximum atomic E-state index is 13.3. The zero-order valence-electron chi connectivity index (χ0n) is 26.0. The third-order valence-corrected chi connectivity index (χ3v) is 17.4. The Hall–Kier alpha value is -2.40. The highest BCUT2D eigenvalue weighted by molar-refractivity contribution is 6.74. The van der Waals surface area contributed by atoms with Gasteiger partial charge in [-0.15, -0.1) is 0 Å². The fourth-order valence-electron chi connectivity index (χ4n) is 3.69. The predicted molar refractivity (Wildman–Crippen MR) is 165 cm³/mol. The Balaban J connectivity index is 1.98. The molecule has 0 N–H and O–H groups in total. The Morgan fingerprint density at radius 1 is 0.750 bits per heavy atom. The summed E-state index contributed by atoms with van der Waals surface area (Å²) in [6, 6.07) is 19.6. The van der Waals surface area contributed by atoms with Crippen LogP contribution in [-0.4, -0.2) is 41.4 Å². The minimum absolute atomic E-state index is 0.0211. The lowest BCUT2D eigenvalue weighted by Crippen LogP contribution is -2.51. The molecule has 0 radical (unpaired) electrons. The van der Waals surface area contributed by atoms with Crippen LogP contribution in [0.15, 0.2) is 72.2 Å². The largest absolute Gasteiger partial charge is 0.485 e. The van der Waals surface area contributed by atoms with Gasteiger partial charge in [-0.2, -0.15) is 0 Å². The Morgan fingerprint density at radius 2 is 1.23 bits per heavy atom. The number of esters is 1. The Labute approximate surface area is 243 Å². The third kappa shape index (κ3) is 8.09.